The molecule has 0 fully saturated rings. The molecule has 2 aromatic heterocycles. The molecule has 3 rings (SSSR count). The minimum atomic E-state index is -0.0317. The number of amides is 1. The average Bonchev–Trinajstić information content (AvgIpc) is 3.03. The number of carbonyl (C=O) groups excluding carboxylic acids is 1. The lowest BCUT2D eigenvalue weighted by Gasteiger charge is -2.11. The average molecular weight is 323 g/mol. The van der Waals surface area contributed by atoms with Gasteiger partial charge in [-0.05, 0) is 35.5 Å². The SMILES string of the molecule is CN(C)C(=O)Sc1cc[n+]2cc[nH]c2c1-c1ccc(C#N)cc1. The van der Waals surface area contributed by atoms with Crippen LogP contribution in [0.3, 0.4) is 0 Å². The van der Waals surface area contributed by atoms with Crippen LogP contribution in [0.1, 0.15) is 5.56 Å². The number of carbonyl (C=O) groups is 1. The van der Waals surface area contributed by atoms with Gasteiger partial charge in [-0.1, -0.05) is 12.1 Å². The fraction of sp³-hybridized carbons (Fsp3) is 0.118. The largest absolute Gasteiger partial charge is 0.339 e. The lowest BCUT2D eigenvalue weighted by Crippen LogP contribution is -2.20. The zero-order valence-electron chi connectivity index (χ0n) is 12.8. The Labute approximate surface area is 138 Å². The van der Waals surface area contributed by atoms with Crippen molar-refractivity contribution in [3.8, 4) is 17.2 Å². The van der Waals surface area contributed by atoms with Crippen molar-refractivity contribution in [2.75, 3.05) is 14.1 Å². The zero-order valence-corrected chi connectivity index (χ0v) is 13.6. The standard InChI is InChI=1S/C17H14N4OS/c1-20(2)17(22)23-14-7-9-21-10-8-19-16(21)15(14)13-5-3-12(11-18)4-6-13/h3-10H,1-2H3/p+1. The first kappa shape index (κ1) is 15.1. The maximum Gasteiger partial charge on any atom is 0.293 e. The van der Waals surface area contributed by atoms with Gasteiger partial charge in [0, 0.05) is 19.0 Å². The fourth-order valence-corrected chi connectivity index (χ4v) is 3.10. The number of aromatic amines is 1. The molecule has 0 aliphatic carbocycles. The number of hydrogen-bond donors (Lipinski definition) is 1. The first-order valence-electron chi connectivity index (χ1n) is 7.01. The Morgan fingerprint density at radius 1 is 1.22 bits per heavy atom. The maximum atomic E-state index is 12.1. The quantitative estimate of drug-likeness (QED) is 0.582. The predicted octanol–water partition coefficient (Wildman–Crippen LogP) is 3.07. The van der Waals surface area contributed by atoms with E-state index in [4.69, 9.17) is 5.26 Å². The highest BCUT2D eigenvalue weighted by atomic mass is 32.2. The maximum absolute atomic E-state index is 12.1. The van der Waals surface area contributed by atoms with E-state index < -0.39 is 0 Å². The number of imidazole rings is 1. The molecule has 23 heavy (non-hydrogen) atoms. The van der Waals surface area contributed by atoms with Crippen LogP contribution >= 0.6 is 11.8 Å². The molecule has 6 heteroatoms. The molecule has 0 spiro atoms. The van der Waals surface area contributed by atoms with E-state index in [2.05, 4.69) is 11.1 Å². The summed E-state index contributed by atoms with van der Waals surface area (Å²) in [7, 11) is 3.47. The summed E-state index contributed by atoms with van der Waals surface area (Å²) in [5, 5.41) is 8.93. The number of rotatable bonds is 2. The molecule has 1 amide bonds. The Kier molecular flexibility index (Phi) is 4.04. The smallest absolute Gasteiger partial charge is 0.293 e. The topological polar surface area (TPSA) is 64.0 Å². The van der Waals surface area contributed by atoms with Gasteiger partial charge in [-0.2, -0.15) is 5.26 Å². The highest BCUT2D eigenvalue weighted by molar-refractivity contribution is 8.13. The van der Waals surface area contributed by atoms with Crippen molar-refractivity contribution in [2.24, 2.45) is 0 Å². The van der Waals surface area contributed by atoms with Gasteiger partial charge in [0.1, 0.15) is 12.4 Å². The van der Waals surface area contributed by atoms with Crippen LogP contribution in [0.5, 0.6) is 0 Å². The number of thioether (sulfide) groups is 1. The third-order valence-corrected chi connectivity index (χ3v) is 4.55. The molecule has 3 aromatic rings. The van der Waals surface area contributed by atoms with E-state index in [-0.39, 0.29) is 5.24 Å². The molecule has 0 aliphatic rings. The normalized spacial score (nSPS) is 10.5. The van der Waals surface area contributed by atoms with Crippen LogP contribution in [0.4, 0.5) is 4.79 Å². The number of aromatic nitrogens is 2. The minimum Gasteiger partial charge on any atom is -0.339 e. The van der Waals surface area contributed by atoms with Crippen LogP contribution < -0.4 is 4.40 Å². The molecule has 0 bridgehead atoms. The molecular weight excluding hydrogens is 308 g/mol. The van der Waals surface area contributed by atoms with Crippen LogP contribution in [-0.2, 0) is 0 Å². The Balaban J connectivity index is 2.16. The summed E-state index contributed by atoms with van der Waals surface area (Å²) >= 11 is 1.19. The first-order chi connectivity index (χ1) is 11.1. The number of nitrogens with zero attached hydrogens (tertiary/aromatic N) is 3. The van der Waals surface area contributed by atoms with Gasteiger partial charge in [-0.3, -0.25) is 4.79 Å². The minimum absolute atomic E-state index is 0.0317. The summed E-state index contributed by atoms with van der Waals surface area (Å²) in [4.78, 5) is 17.7. The molecular formula is C17H15N4OS+. The second-order valence-electron chi connectivity index (χ2n) is 5.22. The van der Waals surface area contributed by atoms with Crippen molar-refractivity contribution < 1.29 is 9.20 Å². The van der Waals surface area contributed by atoms with Crippen molar-refractivity contribution in [2.45, 2.75) is 4.90 Å². The number of fused-ring (bicyclic) bond motifs is 1. The third kappa shape index (κ3) is 2.91. The summed E-state index contributed by atoms with van der Waals surface area (Å²) in [6, 6.07) is 11.4. The van der Waals surface area contributed by atoms with Gasteiger partial charge >= 0.3 is 0 Å². The van der Waals surface area contributed by atoms with Crippen LogP contribution in [0.15, 0.2) is 53.8 Å². The molecule has 0 unspecified atom stereocenters. The Bertz CT molecular complexity index is 906. The van der Waals surface area contributed by atoms with Crippen molar-refractivity contribution >= 4 is 22.6 Å². The molecule has 114 valence electrons. The molecule has 2 heterocycles. The van der Waals surface area contributed by atoms with E-state index in [1.165, 1.54) is 11.8 Å². The van der Waals surface area contributed by atoms with Crippen LogP contribution in [0, 0.1) is 11.3 Å². The molecule has 0 radical (unpaired) electrons. The van der Waals surface area contributed by atoms with Crippen molar-refractivity contribution in [1.82, 2.24) is 9.88 Å². The molecule has 0 saturated carbocycles. The molecule has 0 aliphatic heterocycles. The Hall–Kier alpha value is -2.78. The van der Waals surface area contributed by atoms with E-state index in [1.54, 1.807) is 31.1 Å². The van der Waals surface area contributed by atoms with Gasteiger partial charge in [0.2, 0.25) is 0 Å². The third-order valence-electron chi connectivity index (χ3n) is 3.45. The lowest BCUT2D eigenvalue weighted by atomic mass is 10.1. The van der Waals surface area contributed by atoms with Crippen LogP contribution in [0.25, 0.3) is 16.8 Å². The van der Waals surface area contributed by atoms with Crippen LogP contribution in [0.2, 0.25) is 0 Å². The van der Waals surface area contributed by atoms with Gasteiger partial charge in [0.25, 0.3) is 10.9 Å². The number of pyridine rings is 1. The summed E-state index contributed by atoms with van der Waals surface area (Å²) in [6.45, 7) is 0. The lowest BCUT2D eigenvalue weighted by molar-refractivity contribution is -0.509. The monoisotopic (exact) mass is 323 g/mol. The number of H-pyrrole nitrogens is 1. The second kappa shape index (κ2) is 6.15. The number of benzene rings is 1. The van der Waals surface area contributed by atoms with Gasteiger partial charge in [-0.15, -0.1) is 0 Å². The second-order valence-corrected chi connectivity index (χ2v) is 6.22. The predicted molar refractivity (Wildman–Crippen MR) is 89.0 cm³/mol. The van der Waals surface area contributed by atoms with Crippen molar-refractivity contribution in [3.05, 3.63) is 54.5 Å². The number of nitriles is 1. The van der Waals surface area contributed by atoms with E-state index in [9.17, 15) is 4.79 Å². The molecule has 1 N–H and O–H groups in total. The zero-order chi connectivity index (χ0) is 16.4. The van der Waals surface area contributed by atoms with E-state index in [1.807, 2.05) is 41.2 Å². The van der Waals surface area contributed by atoms with E-state index in [0.717, 1.165) is 21.7 Å². The fourth-order valence-electron chi connectivity index (χ4n) is 2.28. The number of hydrogen-bond acceptors (Lipinski definition) is 3. The summed E-state index contributed by atoms with van der Waals surface area (Å²) < 4.78 is 1.97. The van der Waals surface area contributed by atoms with Gasteiger partial charge < -0.3 is 4.90 Å². The molecule has 0 saturated heterocycles. The van der Waals surface area contributed by atoms with Crippen molar-refractivity contribution in [3.63, 3.8) is 0 Å². The Morgan fingerprint density at radius 3 is 2.61 bits per heavy atom. The van der Waals surface area contributed by atoms with Crippen LogP contribution in [-0.4, -0.2) is 29.2 Å². The molecule has 5 nitrogen and oxygen atoms in total. The summed E-state index contributed by atoms with van der Waals surface area (Å²) in [5.41, 5.74) is 3.42. The van der Waals surface area contributed by atoms with Crippen molar-refractivity contribution in [1.29, 1.82) is 5.26 Å². The molecule has 0 atom stereocenters. The van der Waals surface area contributed by atoms with Gasteiger partial charge in [-0.25, -0.2) is 9.38 Å². The van der Waals surface area contributed by atoms with Gasteiger partial charge in [0.05, 0.1) is 23.4 Å². The molecule has 1 aromatic carbocycles. The summed E-state index contributed by atoms with van der Waals surface area (Å²) in [5.74, 6) is 0. The van der Waals surface area contributed by atoms with E-state index >= 15 is 0 Å². The number of nitrogens with one attached hydrogen (secondary N) is 1. The van der Waals surface area contributed by atoms with Gasteiger partial charge in [0.15, 0.2) is 0 Å². The highest BCUT2D eigenvalue weighted by Crippen LogP contribution is 2.34. The first-order valence-corrected chi connectivity index (χ1v) is 7.83. The highest BCUT2D eigenvalue weighted by Gasteiger charge is 2.19. The Morgan fingerprint density at radius 2 is 1.96 bits per heavy atom. The summed E-state index contributed by atoms with van der Waals surface area (Å²) in [6.07, 6.45) is 5.69. The van der Waals surface area contributed by atoms with E-state index in [0.29, 0.717) is 5.56 Å².